The number of nitrogens with zero attached hydrogens (tertiary/aromatic N) is 2. The molecule has 46 heavy (non-hydrogen) atoms. The van der Waals surface area contributed by atoms with Crippen LogP contribution < -0.4 is 10.6 Å². The normalized spacial score (nSPS) is 14.7. The Bertz CT molecular complexity index is 1580. The van der Waals surface area contributed by atoms with E-state index in [1.807, 2.05) is 71.2 Å². The number of aliphatic hydroxyl groups excluding tert-OH is 1. The Morgan fingerprint density at radius 3 is 2.24 bits per heavy atom. The van der Waals surface area contributed by atoms with Gasteiger partial charge in [-0.3, -0.25) is 4.79 Å². The van der Waals surface area contributed by atoms with Crippen molar-refractivity contribution in [3.8, 4) is 0 Å². The molecule has 254 valence electrons. The minimum absolute atomic E-state index is 0.0392. The number of ether oxygens (including phenoxy) is 1. The smallest absolute Gasteiger partial charge is 0.408 e. The average Bonchev–Trinajstić information content (AvgIpc) is 3.36. The molecule has 10 nitrogen and oxygen atoms in total. The first-order valence-corrected chi connectivity index (χ1v) is 18.7. The zero-order valence-corrected chi connectivity index (χ0v) is 30.6. The number of fused-ring (bicyclic) bond motifs is 1. The van der Waals surface area contributed by atoms with Gasteiger partial charge in [0.25, 0.3) is 0 Å². The molecule has 0 bridgehead atoms. The molecule has 3 atom stereocenters. The SMILES string of the molecule is CSc1nc2ccc(S(=O)(=O)N(CC(C)C)C[C@@H](O)[C@H](Cc3ccccc3)NC(=O)[C@@H](NC(=O)OC(C)(C)C)C(C)(C)C)cc2s1. The summed E-state index contributed by atoms with van der Waals surface area (Å²) in [5.41, 5.74) is 0.102. The van der Waals surface area contributed by atoms with Crippen molar-refractivity contribution < 1.29 is 27.9 Å². The van der Waals surface area contributed by atoms with Gasteiger partial charge in [-0.2, -0.15) is 4.31 Å². The van der Waals surface area contributed by atoms with Crippen molar-refractivity contribution in [2.24, 2.45) is 11.3 Å². The first-order valence-electron chi connectivity index (χ1n) is 15.3. The van der Waals surface area contributed by atoms with Gasteiger partial charge >= 0.3 is 6.09 Å². The second-order valence-corrected chi connectivity index (χ2v) is 17.9. The molecule has 1 heterocycles. The molecule has 0 saturated heterocycles. The molecule has 0 spiro atoms. The Kier molecular flexibility index (Phi) is 12.7. The average molecular weight is 693 g/mol. The fourth-order valence-corrected chi connectivity index (χ4v) is 8.06. The fourth-order valence-electron chi connectivity index (χ4n) is 4.81. The minimum Gasteiger partial charge on any atom is -0.444 e. The molecule has 2 amide bonds. The van der Waals surface area contributed by atoms with Crippen molar-refractivity contribution in [2.45, 2.75) is 94.8 Å². The van der Waals surface area contributed by atoms with Gasteiger partial charge < -0.3 is 20.5 Å². The predicted octanol–water partition coefficient (Wildman–Crippen LogP) is 5.69. The van der Waals surface area contributed by atoms with Crippen LogP contribution in [-0.4, -0.2) is 77.9 Å². The van der Waals surface area contributed by atoms with Gasteiger partial charge in [-0.1, -0.05) is 76.7 Å². The van der Waals surface area contributed by atoms with Crippen LogP contribution in [-0.2, 0) is 26.0 Å². The van der Waals surface area contributed by atoms with Crippen molar-refractivity contribution >= 4 is 55.3 Å². The lowest BCUT2D eigenvalue weighted by molar-refractivity contribution is -0.127. The quantitative estimate of drug-likeness (QED) is 0.194. The molecule has 3 aromatic rings. The maximum atomic E-state index is 14.0. The van der Waals surface area contributed by atoms with Crippen LogP contribution in [0.4, 0.5) is 4.79 Å². The van der Waals surface area contributed by atoms with Crippen LogP contribution in [0.3, 0.4) is 0 Å². The van der Waals surface area contributed by atoms with Gasteiger partial charge in [-0.25, -0.2) is 18.2 Å². The van der Waals surface area contributed by atoms with E-state index in [2.05, 4.69) is 15.6 Å². The van der Waals surface area contributed by atoms with Gasteiger partial charge in [0.2, 0.25) is 15.9 Å². The molecular formula is C33H48N4O6S3. The third-order valence-corrected chi connectivity index (χ3v) is 10.8. The standard InChI is InChI=1S/C33H48N4O6S3/c1-21(2)19-37(46(41,42)23-15-16-24-27(18-23)45-31(35-24)44-9)20-26(38)25(17-22-13-11-10-12-14-22)34-29(39)28(32(3,4)5)36-30(40)43-33(6,7)8/h10-16,18,21,25-26,28,38H,17,19-20H2,1-9H3,(H,34,39)(H,36,40)/t25-,26+,28+/m0/s1. The van der Waals surface area contributed by atoms with Crippen LogP contribution in [0.15, 0.2) is 57.8 Å². The van der Waals surface area contributed by atoms with Crippen LogP contribution in [0.25, 0.3) is 10.2 Å². The van der Waals surface area contributed by atoms with Crippen LogP contribution in [0.2, 0.25) is 0 Å². The Labute approximate surface area is 281 Å². The molecular weight excluding hydrogens is 645 g/mol. The van der Waals surface area contributed by atoms with Crippen molar-refractivity contribution in [1.82, 2.24) is 19.9 Å². The number of sulfonamides is 1. The van der Waals surface area contributed by atoms with Gasteiger partial charge in [-0.05, 0) is 68.5 Å². The van der Waals surface area contributed by atoms with Gasteiger partial charge in [0.1, 0.15) is 11.6 Å². The number of thiazole rings is 1. The molecule has 0 aliphatic heterocycles. The number of nitrogens with one attached hydrogen (secondary N) is 2. The third-order valence-electron chi connectivity index (χ3n) is 6.99. The van der Waals surface area contributed by atoms with E-state index in [1.54, 1.807) is 39.0 Å². The number of benzene rings is 2. The van der Waals surface area contributed by atoms with Crippen LogP contribution in [0, 0.1) is 11.3 Å². The largest absolute Gasteiger partial charge is 0.444 e. The number of carbonyl (C=O) groups is 2. The van der Waals surface area contributed by atoms with E-state index in [0.29, 0.717) is 0 Å². The number of carbonyl (C=O) groups excluding carboxylic acids is 2. The summed E-state index contributed by atoms with van der Waals surface area (Å²) in [6, 6.07) is 12.3. The van der Waals surface area contributed by atoms with Crippen LogP contribution in [0.5, 0.6) is 0 Å². The van der Waals surface area contributed by atoms with E-state index < -0.39 is 51.2 Å². The topological polar surface area (TPSA) is 138 Å². The summed E-state index contributed by atoms with van der Waals surface area (Å²) in [6.07, 6.45) is 0.134. The molecule has 1 aromatic heterocycles. The monoisotopic (exact) mass is 692 g/mol. The summed E-state index contributed by atoms with van der Waals surface area (Å²) in [5.74, 6) is -0.556. The van der Waals surface area contributed by atoms with Crippen LogP contribution in [0.1, 0.15) is 61.0 Å². The maximum absolute atomic E-state index is 14.0. The number of aliphatic hydroxyl groups is 1. The van der Waals surface area contributed by atoms with Crippen molar-refractivity contribution in [2.75, 3.05) is 19.3 Å². The molecule has 0 radical (unpaired) electrons. The summed E-state index contributed by atoms with van der Waals surface area (Å²) >= 11 is 2.92. The molecule has 0 aliphatic rings. The Hall–Kier alpha value is -2.71. The number of thioether (sulfide) groups is 1. The Morgan fingerprint density at radius 2 is 1.67 bits per heavy atom. The summed E-state index contributed by atoms with van der Waals surface area (Å²) in [5, 5.41) is 17.3. The summed E-state index contributed by atoms with van der Waals surface area (Å²) in [4.78, 5) is 31.1. The van der Waals surface area contributed by atoms with Gasteiger partial charge in [0, 0.05) is 13.1 Å². The molecule has 0 saturated carbocycles. The highest BCUT2D eigenvalue weighted by Crippen LogP contribution is 2.31. The minimum atomic E-state index is -4.03. The number of aromatic nitrogens is 1. The summed E-state index contributed by atoms with van der Waals surface area (Å²) in [6.45, 7) is 14.4. The van der Waals surface area contributed by atoms with Crippen molar-refractivity contribution in [3.05, 3.63) is 54.1 Å². The molecule has 3 rings (SSSR count). The number of alkyl carbamates (subject to hydrolysis) is 1. The van der Waals surface area contributed by atoms with E-state index in [4.69, 9.17) is 4.74 Å². The number of amides is 2. The molecule has 0 unspecified atom stereocenters. The molecule has 0 fully saturated rings. The van der Waals surface area contributed by atoms with E-state index in [-0.39, 0.29) is 30.3 Å². The first kappa shape index (κ1) is 37.7. The third kappa shape index (κ3) is 10.7. The van der Waals surface area contributed by atoms with Crippen molar-refractivity contribution in [3.63, 3.8) is 0 Å². The van der Waals surface area contributed by atoms with Crippen molar-refractivity contribution in [1.29, 1.82) is 0 Å². The lowest BCUT2D eigenvalue weighted by atomic mass is 9.85. The lowest BCUT2D eigenvalue weighted by Gasteiger charge is -2.35. The predicted molar refractivity (Wildman–Crippen MR) is 186 cm³/mol. The van der Waals surface area contributed by atoms with Gasteiger partial charge in [0.05, 0.1) is 27.3 Å². The Morgan fingerprint density at radius 1 is 1.02 bits per heavy atom. The summed E-state index contributed by atoms with van der Waals surface area (Å²) < 4.78 is 36.4. The lowest BCUT2D eigenvalue weighted by Crippen LogP contribution is -2.59. The second-order valence-electron chi connectivity index (χ2n) is 13.8. The first-order chi connectivity index (χ1) is 21.3. The highest BCUT2D eigenvalue weighted by atomic mass is 32.2. The zero-order chi connectivity index (χ0) is 34.4. The van der Waals surface area contributed by atoms with Crippen LogP contribution >= 0.6 is 23.1 Å². The van der Waals surface area contributed by atoms with E-state index in [9.17, 15) is 23.1 Å². The molecule has 13 heteroatoms. The maximum Gasteiger partial charge on any atom is 0.408 e. The van der Waals surface area contributed by atoms with E-state index in [0.717, 1.165) is 20.1 Å². The fraction of sp³-hybridized carbons (Fsp3) is 0.545. The molecule has 3 N–H and O–H groups in total. The van der Waals surface area contributed by atoms with Gasteiger partial charge in [0.15, 0.2) is 4.34 Å². The Balaban J connectivity index is 1.93. The summed E-state index contributed by atoms with van der Waals surface area (Å²) in [7, 11) is -4.03. The van der Waals surface area contributed by atoms with Gasteiger partial charge in [-0.15, -0.1) is 11.3 Å². The second kappa shape index (κ2) is 15.5. The highest BCUT2D eigenvalue weighted by molar-refractivity contribution is 8.00. The number of rotatable bonds is 13. The molecule has 2 aromatic carbocycles. The number of hydrogen-bond donors (Lipinski definition) is 3. The molecule has 0 aliphatic carbocycles. The van der Waals surface area contributed by atoms with E-state index in [1.165, 1.54) is 27.4 Å². The zero-order valence-electron chi connectivity index (χ0n) is 28.2. The highest BCUT2D eigenvalue weighted by Gasteiger charge is 2.37. The number of hydrogen-bond acceptors (Lipinski definition) is 9. The van der Waals surface area contributed by atoms with E-state index >= 15 is 0 Å².